The molecule has 0 heterocycles. The highest BCUT2D eigenvalue weighted by Gasteiger charge is 2.27. The maximum atomic E-state index is 12.3. The van der Waals surface area contributed by atoms with E-state index in [1.54, 1.807) is 13.8 Å². The molecule has 1 atom stereocenters. The number of ether oxygens (including phenoxy) is 1. The molecule has 0 fully saturated rings. The standard InChI is InChI=1S/C18H25N3O3/c1-13(2)10-15(16(22)21-18(3,4)12-19)20-17(23)24-11-14-8-6-5-7-9-14/h5-9,13,15H,10-11H2,1-4H3,(H,20,23)(H,21,22). The topological polar surface area (TPSA) is 91.2 Å². The second-order valence-corrected chi connectivity index (χ2v) is 6.61. The van der Waals surface area contributed by atoms with E-state index in [2.05, 4.69) is 10.6 Å². The van der Waals surface area contributed by atoms with Crippen LogP contribution < -0.4 is 10.6 Å². The van der Waals surface area contributed by atoms with E-state index in [4.69, 9.17) is 10.00 Å². The van der Waals surface area contributed by atoms with Crippen LogP contribution in [0.4, 0.5) is 4.79 Å². The van der Waals surface area contributed by atoms with Crippen molar-refractivity contribution in [1.82, 2.24) is 10.6 Å². The number of carbonyl (C=O) groups is 2. The fourth-order valence-electron chi connectivity index (χ4n) is 2.03. The molecule has 6 heteroatoms. The average molecular weight is 331 g/mol. The third-order valence-corrected chi connectivity index (χ3v) is 3.24. The molecule has 1 aromatic rings. The predicted octanol–water partition coefficient (Wildman–Crippen LogP) is 2.75. The lowest BCUT2D eigenvalue weighted by molar-refractivity contribution is -0.124. The number of alkyl carbamates (subject to hydrolysis) is 1. The monoisotopic (exact) mass is 331 g/mol. The van der Waals surface area contributed by atoms with Gasteiger partial charge in [0.2, 0.25) is 5.91 Å². The molecule has 0 aliphatic rings. The van der Waals surface area contributed by atoms with E-state index in [0.717, 1.165) is 5.56 Å². The fourth-order valence-corrected chi connectivity index (χ4v) is 2.03. The Kier molecular flexibility index (Phi) is 7.25. The van der Waals surface area contributed by atoms with E-state index in [1.165, 1.54) is 0 Å². The van der Waals surface area contributed by atoms with Gasteiger partial charge in [0.1, 0.15) is 18.2 Å². The first-order valence-electron chi connectivity index (χ1n) is 7.94. The van der Waals surface area contributed by atoms with Gasteiger partial charge in [0, 0.05) is 0 Å². The first-order chi connectivity index (χ1) is 11.2. The summed E-state index contributed by atoms with van der Waals surface area (Å²) in [6.07, 6.45) is -0.206. The number of hydrogen-bond acceptors (Lipinski definition) is 4. The van der Waals surface area contributed by atoms with Crippen LogP contribution in [0.2, 0.25) is 0 Å². The van der Waals surface area contributed by atoms with Gasteiger partial charge in [0.25, 0.3) is 0 Å². The maximum Gasteiger partial charge on any atom is 0.408 e. The van der Waals surface area contributed by atoms with Gasteiger partial charge in [-0.2, -0.15) is 5.26 Å². The van der Waals surface area contributed by atoms with Crippen LogP contribution in [-0.2, 0) is 16.1 Å². The Bertz CT molecular complexity index is 591. The second-order valence-electron chi connectivity index (χ2n) is 6.61. The molecule has 0 aromatic heterocycles. The molecule has 2 N–H and O–H groups in total. The summed E-state index contributed by atoms with van der Waals surface area (Å²) in [7, 11) is 0. The third-order valence-electron chi connectivity index (χ3n) is 3.24. The first kappa shape index (κ1) is 19.5. The van der Waals surface area contributed by atoms with Gasteiger partial charge in [-0.05, 0) is 31.7 Å². The van der Waals surface area contributed by atoms with Crippen molar-refractivity contribution in [1.29, 1.82) is 5.26 Å². The number of hydrogen-bond donors (Lipinski definition) is 2. The lowest BCUT2D eigenvalue weighted by atomic mass is 10.0. The minimum absolute atomic E-state index is 0.131. The highest BCUT2D eigenvalue weighted by molar-refractivity contribution is 5.86. The quantitative estimate of drug-likeness (QED) is 0.803. The van der Waals surface area contributed by atoms with Crippen LogP contribution in [0, 0.1) is 17.2 Å². The van der Waals surface area contributed by atoms with Gasteiger partial charge in [-0.3, -0.25) is 4.79 Å². The number of nitrogens with one attached hydrogen (secondary N) is 2. The molecule has 0 spiro atoms. The average Bonchev–Trinajstić information content (AvgIpc) is 2.52. The van der Waals surface area contributed by atoms with Crippen LogP contribution in [-0.4, -0.2) is 23.6 Å². The first-order valence-corrected chi connectivity index (χ1v) is 7.94. The zero-order valence-corrected chi connectivity index (χ0v) is 14.6. The molecular formula is C18H25N3O3. The Morgan fingerprint density at radius 2 is 1.88 bits per heavy atom. The molecule has 0 aliphatic carbocycles. The molecule has 0 saturated heterocycles. The lowest BCUT2D eigenvalue weighted by Gasteiger charge is -2.24. The molecular weight excluding hydrogens is 306 g/mol. The molecule has 0 bridgehead atoms. The van der Waals surface area contributed by atoms with Crippen molar-refractivity contribution < 1.29 is 14.3 Å². The lowest BCUT2D eigenvalue weighted by Crippen LogP contribution is -2.53. The van der Waals surface area contributed by atoms with Crippen molar-refractivity contribution in [2.24, 2.45) is 5.92 Å². The molecule has 1 aromatic carbocycles. The van der Waals surface area contributed by atoms with Crippen molar-refractivity contribution in [3.63, 3.8) is 0 Å². The molecule has 24 heavy (non-hydrogen) atoms. The number of rotatable bonds is 7. The molecule has 1 rings (SSSR count). The Morgan fingerprint density at radius 3 is 2.42 bits per heavy atom. The molecule has 0 saturated carbocycles. The normalized spacial score (nSPS) is 12.2. The maximum absolute atomic E-state index is 12.3. The second kappa shape index (κ2) is 8.92. The number of benzene rings is 1. The Hall–Kier alpha value is -2.55. The largest absolute Gasteiger partial charge is 0.445 e. The van der Waals surface area contributed by atoms with Crippen LogP contribution in [0.1, 0.15) is 39.7 Å². The third kappa shape index (κ3) is 7.14. The van der Waals surface area contributed by atoms with Crippen LogP contribution in [0.3, 0.4) is 0 Å². The zero-order chi connectivity index (χ0) is 18.2. The Labute approximate surface area is 143 Å². The summed E-state index contributed by atoms with van der Waals surface area (Å²) in [6.45, 7) is 7.24. The van der Waals surface area contributed by atoms with Gasteiger partial charge in [0.15, 0.2) is 0 Å². The van der Waals surface area contributed by atoms with Gasteiger partial charge >= 0.3 is 6.09 Å². The Morgan fingerprint density at radius 1 is 1.25 bits per heavy atom. The zero-order valence-electron chi connectivity index (χ0n) is 14.6. The van der Waals surface area contributed by atoms with Crippen molar-refractivity contribution in [2.75, 3.05) is 0 Å². The summed E-state index contributed by atoms with van der Waals surface area (Å²) in [5.41, 5.74) is -0.134. The van der Waals surface area contributed by atoms with E-state index in [9.17, 15) is 9.59 Å². The van der Waals surface area contributed by atoms with Gasteiger partial charge in [-0.1, -0.05) is 44.2 Å². The molecule has 2 amide bonds. The molecule has 6 nitrogen and oxygen atoms in total. The van der Waals surface area contributed by atoms with Crippen molar-refractivity contribution in [2.45, 2.75) is 52.3 Å². The van der Waals surface area contributed by atoms with Gasteiger partial charge in [-0.15, -0.1) is 0 Å². The summed E-state index contributed by atoms with van der Waals surface area (Å²) < 4.78 is 5.15. The van der Waals surface area contributed by atoms with Gasteiger partial charge in [-0.25, -0.2) is 4.79 Å². The van der Waals surface area contributed by atoms with Gasteiger partial charge in [0.05, 0.1) is 6.07 Å². The summed E-state index contributed by atoms with van der Waals surface area (Å²) in [6, 6.07) is 10.5. The molecule has 1 unspecified atom stereocenters. The number of nitriles is 1. The van der Waals surface area contributed by atoms with E-state index >= 15 is 0 Å². The van der Waals surface area contributed by atoms with Crippen LogP contribution >= 0.6 is 0 Å². The van der Waals surface area contributed by atoms with E-state index < -0.39 is 23.6 Å². The summed E-state index contributed by atoms with van der Waals surface area (Å²) in [5, 5.41) is 14.2. The molecule has 0 radical (unpaired) electrons. The highest BCUT2D eigenvalue weighted by atomic mass is 16.5. The van der Waals surface area contributed by atoms with Crippen LogP contribution in [0.5, 0.6) is 0 Å². The SMILES string of the molecule is CC(C)CC(NC(=O)OCc1ccccc1)C(=O)NC(C)(C)C#N. The van der Waals surface area contributed by atoms with E-state index in [0.29, 0.717) is 6.42 Å². The fraction of sp³-hybridized carbons (Fsp3) is 0.500. The number of carbonyl (C=O) groups excluding carboxylic acids is 2. The van der Waals surface area contributed by atoms with E-state index in [1.807, 2.05) is 50.2 Å². The summed E-state index contributed by atoms with van der Waals surface area (Å²) in [5.74, 6) is -0.202. The molecule has 0 aliphatic heterocycles. The predicted molar refractivity (Wildman–Crippen MR) is 90.8 cm³/mol. The minimum atomic E-state index is -0.998. The minimum Gasteiger partial charge on any atom is -0.445 e. The summed E-state index contributed by atoms with van der Waals surface area (Å²) in [4.78, 5) is 24.3. The van der Waals surface area contributed by atoms with Crippen LogP contribution in [0.15, 0.2) is 30.3 Å². The van der Waals surface area contributed by atoms with Crippen molar-refractivity contribution in [3.05, 3.63) is 35.9 Å². The summed E-state index contributed by atoms with van der Waals surface area (Å²) >= 11 is 0. The van der Waals surface area contributed by atoms with Gasteiger partial charge < -0.3 is 15.4 Å². The number of amides is 2. The Balaban J connectivity index is 2.63. The van der Waals surface area contributed by atoms with Crippen LogP contribution in [0.25, 0.3) is 0 Å². The number of nitrogens with zero attached hydrogens (tertiary/aromatic N) is 1. The smallest absolute Gasteiger partial charge is 0.408 e. The highest BCUT2D eigenvalue weighted by Crippen LogP contribution is 2.08. The van der Waals surface area contributed by atoms with Crippen molar-refractivity contribution >= 4 is 12.0 Å². The van der Waals surface area contributed by atoms with E-state index in [-0.39, 0.29) is 12.5 Å². The molecule has 130 valence electrons. The van der Waals surface area contributed by atoms with Crippen molar-refractivity contribution in [3.8, 4) is 6.07 Å².